The standard InChI is InChI=1S/C16H25FN2O2/c1-10(2)7-12(9-18)16(20)19-11(3)14-8-13(17)5-6-15(14)21-4/h5-6,8,10-12H,7,9,18H2,1-4H3,(H,19,20). The van der Waals surface area contributed by atoms with Crippen LogP contribution in [0.1, 0.15) is 38.8 Å². The highest BCUT2D eigenvalue weighted by Gasteiger charge is 2.21. The molecule has 0 heterocycles. The van der Waals surface area contributed by atoms with E-state index < -0.39 is 0 Å². The fourth-order valence-corrected chi connectivity index (χ4v) is 2.33. The number of benzene rings is 1. The number of ether oxygens (including phenoxy) is 1. The van der Waals surface area contributed by atoms with Crippen LogP contribution < -0.4 is 15.8 Å². The van der Waals surface area contributed by atoms with Gasteiger partial charge in [0.1, 0.15) is 11.6 Å². The predicted molar refractivity (Wildman–Crippen MR) is 81.5 cm³/mol. The lowest BCUT2D eigenvalue weighted by atomic mass is 9.95. The molecule has 0 aliphatic carbocycles. The van der Waals surface area contributed by atoms with Crippen LogP contribution in [0.4, 0.5) is 4.39 Å². The van der Waals surface area contributed by atoms with E-state index >= 15 is 0 Å². The maximum atomic E-state index is 13.4. The Kier molecular flexibility index (Phi) is 6.62. The van der Waals surface area contributed by atoms with Gasteiger partial charge in [0, 0.05) is 12.1 Å². The zero-order chi connectivity index (χ0) is 16.0. The molecule has 0 aliphatic rings. The van der Waals surface area contributed by atoms with Crippen molar-refractivity contribution in [1.82, 2.24) is 5.32 Å². The Morgan fingerprint density at radius 2 is 2.05 bits per heavy atom. The van der Waals surface area contributed by atoms with E-state index in [1.165, 1.54) is 19.2 Å². The van der Waals surface area contributed by atoms with E-state index in [1.54, 1.807) is 13.0 Å². The minimum Gasteiger partial charge on any atom is -0.496 e. The zero-order valence-electron chi connectivity index (χ0n) is 13.2. The van der Waals surface area contributed by atoms with Crippen molar-refractivity contribution in [2.24, 2.45) is 17.6 Å². The number of methoxy groups -OCH3 is 1. The van der Waals surface area contributed by atoms with Gasteiger partial charge in [0.15, 0.2) is 0 Å². The maximum Gasteiger partial charge on any atom is 0.224 e. The second-order valence-electron chi connectivity index (χ2n) is 5.68. The third-order valence-corrected chi connectivity index (χ3v) is 3.43. The molecule has 0 saturated heterocycles. The highest BCUT2D eigenvalue weighted by Crippen LogP contribution is 2.26. The van der Waals surface area contributed by atoms with Crippen molar-refractivity contribution < 1.29 is 13.9 Å². The molecule has 0 saturated carbocycles. The van der Waals surface area contributed by atoms with E-state index in [0.717, 1.165) is 6.42 Å². The SMILES string of the molecule is COc1ccc(F)cc1C(C)NC(=O)C(CN)CC(C)C. The first-order chi connectivity index (χ1) is 9.88. The molecule has 1 aromatic carbocycles. The van der Waals surface area contributed by atoms with Gasteiger partial charge in [0.05, 0.1) is 19.1 Å². The van der Waals surface area contributed by atoms with Gasteiger partial charge < -0.3 is 15.8 Å². The molecule has 3 N–H and O–H groups in total. The van der Waals surface area contributed by atoms with Crippen LogP contribution in [0.2, 0.25) is 0 Å². The number of amides is 1. The van der Waals surface area contributed by atoms with E-state index in [9.17, 15) is 9.18 Å². The van der Waals surface area contributed by atoms with Crippen LogP contribution in [0.15, 0.2) is 18.2 Å². The molecule has 0 fully saturated rings. The molecule has 5 heteroatoms. The lowest BCUT2D eigenvalue weighted by molar-refractivity contribution is -0.125. The van der Waals surface area contributed by atoms with E-state index in [0.29, 0.717) is 23.8 Å². The summed E-state index contributed by atoms with van der Waals surface area (Å²) in [7, 11) is 1.52. The third-order valence-electron chi connectivity index (χ3n) is 3.43. The molecule has 2 atom stereocenters. The second kappa shape index (κ2) is 7.98. The van der Waals surface area contributed by atoms with Crippen molar-refractivity contribution in [2.45, 2.75) is 33.2 Å². The van der Waals surface area contributed by atoms with E-state index in [-0.39, 0.29) is 23.7 Å². The Bertz CT molecular complexity index is 477. The molecule has 0 aliphatic heterocycles. The molecule has 1 rings (SSSR count). The highest BCUT2D eigenvalue weighted by molar-refractivity contribution is 5.79. The van der Waals surface area contributed by atoms with Crippen LogP contribution in [0.5, 0.6) is 5.75 Å². The Labute approximate surface area is 125 Å². The van der Waals surface area contributed by atoms with Gasteiger partial charge in [0.2, 0.25) is 5.91 Å². The van der Waals surface area contributed by atoms with Crippen molar-refractivity contribution in [3.8, 4) is 5.75 Å². The largest absolute Gasteiger partial charge is 0.496 e. The molecule has 21 heavy (non-hydrogen) atoms. The smallest absolute Gasteiger partial charge is 0.224 e. The minimum atomic E-state index is -0.357. The molecule has 0 spiro atoms. The summed E-state index contributed by atoms with van der Waals surface area (Å²) < 4.78 is 18.6. The fraction of sp³-hybridized carbons (Fsp3) is 0.562. The van der Waals surface area contributed by atoms with Gasteiger partial charge in [0.25, 0.3) is 0 Å². The number of nitrogens with one attached hydrogen (secondary N) is 1. The van der Waals surface area contributed by atoms with Crippen LogP contribution in [0.25, 0.3) is 0 Å². The Hall–Kier alpha value is -1.62. The number of carbonyl (C=O) groups excluding carboxylic acids is 1. The molecule has 1 aromatic rings. The number of hydrogen-bond donors (Lipinski definition) is 2. The highest BCUT2D eigenvalue weighted by atomic mass is 19.1. The van der Waals surface area contributed by atoms with Crippen molar-refractivity contribution in [3.05, 3.63) is 29.6 Å². The van der Waals surface area contributed by atoms with Crippen molar-refractivity contribution in [3.63, 3.8) is 0 Å². The Morgan fingerprint density at radius 3 is 2.57 bits per heavy atom. The average Bonchev–Trinajstić information content (AvgIpc) is 2.44. The van der Waals surface area contributed by atoms with E-state index in [4.69, 9.17) is 10.5 Å². The molecule has 2 unspecified atom stereocenters. The van der Waals surface area contributed by atoms with Crippen molar-refractivity contribution >= 4 is 5.91 Å². The van der Waals surface area contributed by atoms with E-state index in [1.807, 2.05) is 0 Å². The van der Waals surface area contributed by atoms with Crippen molar-refractivity contribution in [1.29, 1.82) is 0 Å². The summed E-state index contributed by atoms with van der Waals surface area (Å²) in [6.07, 6.45) is 0.731. The monoisotopic (exact) mass is 296 g/mol. The molecule has 4 nitrogen and oxygen atoms in total. The molecule has 1 amide bonds. The van der Waals surface area contributed by atoms with Gasteiger partial charge in [-0.25, -0.2) is 4.39 Å². The fourth-order valence-electron chi connectivity index (χ4n) is 2.33. The van der Waals surface area contributed by atoms with Gasteiger partial charge in [-0.3, -0.25) is 4.79 Å². The maximum absolute atomic E-state index is 13.4. The predicted octanol–water partition coefficient (Wildman–Crippen LogP) is 2.63. The summed E-state index contributed by atoms with van der Waals surface area (Å²) in [6.45, 7) is 6.21. The van der Waals surface area contributed by atoms with Crippen LogP contribution in [-0.2, 0) is 4.79 Å². The van der Waals surface area contributed by atoms with Crippen LogP contribution in [-0.4, -0.2) is 19.6 Å². The summed E-state index contributed by atoms with van der Waals surface area (Å²) in [5, 5.41) is 2.89. The summed E-state index contributed by atoms with van der Waals surface area (Å²) in [5.74, 6) is 0.252. The van der Waals surface area contributed by atoms with Crippen LogP contribution in [0, 0.1) is 17.7 Å². The number of carbonyl (C=O) groups is 1. The van der Waals surface area contributed by atoms with Crippen LogP contribution in [0.3, 0.4) is 0 Å². The zero-order valence-corrected chi connectivity index (χ0v) is 13.2. The molecule has 118 valence electrons. The summed E-state index contributed by atoms with van der Waals surface area (Å²) in [5.41, 5.74) is 6.29. The molecule has 0 bridgehead atoms. The number of rotatable bonds is 7. The first-order valence-electron chi connectivity index (χ1n) is 7.22. The van der Waals surface area contributed by atoms with Gasteiger partial charge in [-0.15, -0.1) is 0 Å². The van der Waals surface area contributed by atoms with Gasteiger partial charge in [-0.2, -0.15) is 0 Å². The summed E-state index contributed by atoms with van der Waals surface area (Å²) >= 11 is 0. The van der Waals surface area contributed by atoms with Gasteiger partial charge >= 0.3 is 0 Å². The number of nitrogens with two attached hydrogens (primary N) is 1. The molecule has 0 aromatic heterocycles. The number of halogens is 1. The number of hydrogen-bond acceptors (Lipinski definition) is 3. The Balaban J connectivity index is 2.82. The minimum absolute atomic E-state index is 0.106. The first kappa shape index (κ1) is 17.4. The van der Waals surface area contributed by atoms with Gasteiger partial charge in [-0.05, 0) is 37.5 Å². The molecule has 0 radical (unpaired) electrons. The lowest BCUT2D eigenvalue weighted by Crippen LogP contribution is -2.37. The summed E-state index contributed by atoms with van der Waals surface area (Å²) in [6, 6.07) is 3.92. The summed E-state index contributed by atoms with van der Waals surface area (Å²) in [4.78, 5) is 12.3. The molecular formula is C16H25FN2O2. The van der Waals surface area contributed by atoms with Gasteiger partial charge in [-0.1, -0.05) is 13.8 Å². The van der Waals surface area contributed by atoms with E-state index in [2.05, 4.69) is 19.2 Å². The first-order valence-corrected chi connectivity index (χ1v) is 7.22. The topological polar surface area (TPSA) is 64.3 Å². The lowest BCUT2D eigenvalue weighted by Gasteiger charge is -2.22. The quantitative estimate of drug-likeness (QED) is 0.813. The average molecular weight is 296 g/mol. The van der Waals surface area contributed by atoms with Crippen LogP contribution >= 0.6 is 0 Å². The molecular weight excluding hydrogens is 271 g/mol. The normalized spacial score (nSPS) is 13.9. The Morgan fingerprint density at radius 1 is 1.38 bits per heavy atom. The second-order valence-corrected chi connectivity index (χ2v) is 5.68. The third kappa shape index (κ3) is 5.01. The van der Waals surface area contributed by atoms with Crippen molar-refractivity contribution in [2.75, 3.05) is 13.7 Å².